The number of methoxy groups -OCH3 is 1. The lowest BCUT2D eigenvalue weighted by Gasteiger charge is -2.42. The van der Waals surface area contributed by atoms with E-state index in [1.807, 2.05) is 34.7 Å². The summed E-state index contributed by atoms with van der Waals surface area (Å²) in [4.78, 5) is 17.1. The van der Waals surface area contributed by atoms with Gasteiger partial charge in [0.15, 0.2) is 0 Å². The number of halogens is 3. The van der Waals surface area contributed by atoms with Crippen LogP contribution in [-0.2, 0) is 52.4 Å². The van der Waals surface area contributed by atoms with Crippen molar-refractivity contribution in [1.82, 2.24) is 19.7 Å². The van der Waals surface area contributed by atoms with Gasteiger partial charge >= 0.3 is 6.18 Å². The Balaban J connectivity index is 1.28. The van der Waals surface area contributed by atoms with Crippen LogP contribution in [0.15, 0.2) is 42.7 Å². The predicted octanol–water partition coefficient (Wildman–Crippen LogP) is 3.35. The highest BCUT2D eigenvalue weighted by molar-refractivity contribution is 6.10. The largest absolute Gasteiger partial charge is 0.416 e. The zero-order chi connectivity index (χ0) is 28.8. The van der Waals surface area contributed by atoms with E-state index >= 15 is 0 Å². The number of rotatable bonds is 8. The van der Waals surface area contributed by atoms with E-state index in [4.69, 9.17) is 14.2 Å². The molecule has 218 valence electrons. The van der Waals surface area contributed by atoms with Gasteiger partial charge in [-0.3, -0.25) is 9.69 Å². The molecular formula is C29H32F3N5O4. The molecule has 3 aliphatic rings. The molecule has 3 aliphatic heterocycles. The molecule has 0 spiro atoms. The van der Waals surface area contributed by atoms with Crippen LogP contribution in [0.3, 0.4) is 0 Å². The summed E-state index contributed by atoms with van der Waals surface area (Å²) in [6.07, 6.45) is -2.50. The fourth-order valence-electron chi connectivity index (χ4n) is 5.98. The van der Waals surface area contributed by atoms with Crippen molar-refractivity contribution in [2.24, 2.45) is 7.05 Å². The van der Waals surface area contributed by atoms with Crippen molar-refractivity contribution in [3.8, 4) is 0 Å². The molecule has 4 heterocycles. The quantitative estimate of drug-likeness (QED) is 0.410. The molecule has 1 aromatic heterocycles. The smallest absolute Gasteiger partial charge is 0.382 e. The van der Waals surface area contributed by atoms with Crippen LogP contribution in [-0.4, -0.2) is 78.3 Å². The number of carbonyl (C=O) groups excluding carboxylic acids is 1. The number of alkyl halides is 3. The van der Waals surface area contributed by atoms with Crippen LogP contribution in [0.25, 0.3) is 0 Å². The van der Waals surface area contributed by atoms with Crippen LogP contribution >= 0.6 is 0 Å². The average molecular weight is 572 g/mol. The number of carbonyl (C=O) groups is 1. The number of nitrogens with zero attached hydrogens (tertiary/aromatic N) is 5. The van der Waals surface area contributed by atoms with E-state index in [1.165, 1.54) is 11.0 Å². The second kappa shape index (κ2) is 10.8. The predicted molar refractivity (Wildman–Crippen MR) is 142 cm³/mol. The number of amides is 1. The standard InChI is InChI=1S/C29H32F3N5O4/c1-35-18-33-34-26(35)11-28(16-40-17-28)20-4-3-5-21(10-20)37-14-24-23(27(37)38)8-19(9-25(24)29(30,31)32)12-36-6-7-41-22(13-36)15-39-2/h3-5,8-10,18,22H,6-7,11-17H2,1-2H3. The summed E-state index contributed by atoms with van der Waals surface area (Å²) in [6.45, 7) is 3.10. The van der Waals surface area contributed by atoms with E-state index in [-0.39, 0.29) is 35.7 Å². The topological polar surface area (TPSA) is 82.0 Å². The van der Waals surface area contributed by atoms with Crippen LogP contribution in [0.1, 0.15) is 38.4 Å². The first kappa shape index (κ1) is 27.8. The van der Waals surface area contributed by atoms with Gasteiger partial charge in [0.2, 0.25) is 0 Å². The van der Waals surface area contributed by atoms with E-state index in [0.29, 0.717) is 57.2 Å². The molecule has 0 N–H and O–H groups in total. The highest BCUT2D eigenvalue weighted by atomic mass is 19.4. The second-order valence-electron chi connectivity index (χ2n) is 11.1. The Hall–Kier alpha value is -3.32. The van der Waals surface area contributed by atoms with Crippen molar-refractivity contribution in [1.29, 1.82) is 0 Å². The van der Waals surface area contributed by atoms with Crippen LogP contribution in [0.4, 0.5) is 18.9 Å². The van der Waals surface area contributed by atoms with Crippen LogP contribution < -0.4 is 4.90 Å². The third kappa shape index (κ3) is 5.36. The SMILES string of the molecule is COCC1CN(Cc2cc3c(c(C(F)(F)F)c2)CN(c2cccc(C4(Cc5nncn5C)COC4)c2)C3=O)CCO1. The van der Waals surface area contributed by atoms with Gasteiger partial charge in [-0.05, 0) is 41.0 Å². The van der Waals surface area contributed by atoms with E-state index in [0.717, 1.165) is 11.4 Å². The fourth-order valence-corrected chi connectivity index (χ4v) is 5.98. The lowest BCUT2D eigenvalue weighted by Crippen LogP contribution is -2.49. The normalized spacial score (nSPS) is 20.8. The Kier molecular flexibility index (Phi) is 7.35. The molecule has 2 saturated heterocycles. The van der Waals surface area contributed by atoms with Crippen LogP contribution in [0.2, 0.25) is 0 Å². The first-order valence-electron chi connectivity index (χ1n) is 13.6. The molecule has 2 fully saturated rings. The molecule has 12 heteroatoms. The Morgan fingerprint density at radius 3 is 2.71 bits per heavy atom. The summed E-state index contributed by atoms with van der Waals surface area (Å²) in [5.41, 5.74) is 0.952. The number of hydrogen-bond acceptors (Lipinski definition) is 7. The van der Waals surface area contributed by atoms with Gasteiger partial charge in [0.05, 0.1) is 44.6 Å². The Labute approximate surface area is 235 Å². The molecule has 1 unspecified atom stereocenters. The van der Waals surface area contributed by atoms with E-state index in [1.54, 1.807) is 25.6 Å². The highest BCUT2D eigenvalue weighted by Gasteiger charge is 2.43. The summed E-state index contributed by atoms with van der Waals surface area (Å²) >= 11 is 0. The van der Waals surface area contributed by atoms with Gasteiger partial charge in [0.25, 0.3) is 5.91 Å². The second-order valence-corrected chi connectivity index (χ2v) is 11.1. The number of hydrogen-bond donors (Lipinski definition) is 0. The van der Waals surface area contributed by atoms with Gasteiger partial charge in [-0.2, -0.15) is 13.2 Å². The Bertz CT molecular complexity index is 1440. The molecule has 0 bridgehead atoms. The number of aromatic nitrogens is 3. The van der Waals surface area contributed by atoms with Gasteiger partial charge < -0.3 is 23.7 Å². The van der Waals surface area contributed by atoms with Crippen molar-refractivity contribution in [2.45, 2.75) is 37.2 Å². The summed E-state index contributed by atoms with van der Waals surface area (Å²) in [7, 11) is 3.46. The minimum absolute atomic E-state index is 0.0108. The van der Waals surface area contributed by atoms with E-state index in [9.17, 15) is 18.0 Å². The molecule has 1 atom stereocenters. The summed E-state index contributed by atoms with van der Waals surface area (Å²) in [5.74, 6) is 0.371. The van der Waals surface area contributed by atoms with Crippen molar-refractivity contribution in [2.75, 3.05) is 51.5 Å². The van der Waals surface area contributed by atoms with Crippen molar-refractivity contribution in [3.05, 3.63) is 76.4 Å². The van der Waals surface area contributed by atoms with Crippen LogP contribution in [0.5, 0.6) is 0 Å². The minimum Gasteiger partial charge on any atom is -0.382 e. The van der Waals surface area contributed by atoms with Gasteiger partial charge in [-0.1, -0.05) is 12.1 Å². The summed E-state index contributed by atoms with van der Waals surface area (Å²) in [5, 5.41) is 8.18. The van der Waals surface area contributed by atoms with Crippen molar-refractivity contribution in [3.63, 3.8) is 0 Å². The first-order chi connectivity index (χ1) is 19.7. The van der Waals surface area contributed by atoms with Gasteiger partial charge in [-0.15, -0.1) is 10.2 Å². The number of ether oxygens (including phenoxy) is 3. The number of aryl methyl sites for hydroxylation is 1. The molecule has 2 aromatic carbocycles. The molecule has 0 saturated carbocycles. The summed E-state index contributed by atoms with van der Waals surface area (Å²) in [6, 6.07) is 10.3. The maximum atomic E-state index is 14.3. The third-order valence-corrected chi connectivity index (χ3v) is 8.22. The number of fused-ring (bicyclic) bond motifs is 1. The maximum absolute atomic E-state index is 14.3. The molecule has 1 amide bonds. The Morgan fingerprint density at radius 2 is 2.02 bits per heavy atom. The molecule has 0 radical (unpaired) electrons. The summed E-state index contributed by atoms with van der Waals surface area (Å²) < 4.78 is 61.2. The van der Waals surface area contributed by atoms with Crippen LogP contribution in [0, 0.1) is 0 Å². The van der Waals surface area contributed by atoms with E-state index < -0.39 is 17.6 Å². The van der Waals surface area contributed by atoms with Gasteiger partial charge in [-0.25, -0.2) is 0 Å². The maximum Gasteiger partial charge on any atom is 0.416 e. The zero-order valence-electron chi connectivity index (χ0n) is 23.0. The molecule has 41 heavy (non-hydrogen) atoms. The highest BCUT2D eigenvalue weighted by Crippen LogP contribution is 2.41. The molecule has 9 nitrogen and oxygen atoms in total. The van der Waals surface area contributed by atoms with E-state index in [2.05, 4.69) is 10.2 Å². The lowest BCUT2D eigenvalue weighted by molar-refractivity contribution is -0.138. The average Bonchev–Trinajstić information content (AvgIpc) is 3.48. The number of benzene rings is 2. The zero-order valence-corrected chi connectivity index (χ0v) is 23.0. The number of anilines is 1. The molecule has 3 aromatic rings. The number of morpholine rings is 1. The molecule has 6 rings (SSSR count). The molecular weight excluding hydrogens is 539 g/mol. The first-order valence-corrected chi connectivity index (χ1v) is 13.6. The Morgan fingerprint density at radius 1 is 1.20 bits per heavy atom. The van der Waals surface area contributed by atoms with Crippen molar-refractivity contribution < 1.29 is 32.2 Å². The molecule has 0 aliphatic carbocycles. The van der Waals surface area contributed by atoms with Gasteiger partial charge in [0, 0.05) is 56.9 Å². The third-order valence-electron chi connectivity index (χ3n) is 8.22. The lowest BCUT2D eigenvalue weighted by atomic mass is 9.75. The minimum atomic E-state index is -4.59. The van der Waals surface area contributed by atoms with Crippen molar-refractivity contribution >= 4 is 11.6 Å². The van der Waals surface area contributed by atoms with Gasteiger partial charge in [0.1, 0.15) is 12.2 Å². The fraction of sp³-hybridized carbons (Fsp3) is 0.483. The monoisotopic (exact) mass is 571 g/mol.